The van der Waals surface area contributed by atoms with Gasteiger partial charge < -0.3 is 14.0 Å². The van der Waals surface area contributed by atoms with Gasteiger partial charge in [-0.2, -0.15) is 4.98 Å². The van der Waals surface area contributed by atoms with Crippen LogP contribution in [-0.2, 0) is 12.2 Å². The Hall–Kier alpha value is -1.76. The van der Waals surface area contributed by atoms with Gasteiger partial charge >= 0.3 is 5.97 Å². The maximum Gasteiger partial charge on any atom is 0.371 e. The van der Waals surface area contributed by atoms with Gasteiger partial charge in [-0.15, -0.1) is 0 Å². The highest BCUT2D eigenvalue weighted by atomic mass is 32.2. The molecule has 0 radical (unpaired) electrons. The molecule has 1 N–H and O–H groups in total. The second kappa shape index (κ2) is 5.92. The number of aromatic carboxylic acids is 1. The minimum atomic E-state index is -1.08. The Bertz CT molecular complexity index is 562. The van der Waals surface area contributed by atoms with Gasteiger partial charge in [0.2, 0.25) is 11.7 Å². The number of thioether (sulfide) groups is 1. The monoisotopic (exact) mass is 282 g/mol. The Morgan fingerprint density at radius 1 is 1.47 bits per heavy atom. The van der Waals surface area contributed by atoms with Crippen LogP contribution in [0.4, 0.5) is 0 Å². The Labute approximate surface area is 114 Å². The molecule has 0 unspecified atom stereocenters. The summed E-state index contributed by atoms with van der Waals surface area (Å²) in [5, 5.41) is 13.1. The van der Waals surface area contributed by atoms with Gasteiger partial charge in [0.1, 0.15) is 0 Å². The Morgan fingerprint density at radius 2 is 2.26 bits per heavy atom. The first kappa shape index (κ1) is 13.7. The lowest BCUT2D eigenvalue weighted by Crippen LogP contribution is -1.94. The van der Waals surface area contributed by atoms with Gasteiger partial charge in [0.25, 0.3) is 0 Å². The van der Waals surface area contributed by atoms with Crippen molar-refractivity contribution < 1.29 is 18.8 Å². The maximum absolute atomic E-state index is 10.7. The largest absolute Gasteiger partial charge is 0.475 e. The molecule has 0 saturated heterocycles. The molecule has 0 amide bonds. The molecule has 0 aliphatic heterocycles. The topological polar surface area (TPSA) is 89.4 Å². The number of carbonyl (C=O) groups is 1. The van der Waals surface area contributed by atoms with Crippen molar-refractivity contribution in [2.24, 2.45) is 5.92 Å². The Balaban J connectivity index is 1.90. The van der Waals surface area contributed by atoms with Crippen LogP contribution in [0.2, 0.25) is 0 Å². The molecule has 2 rings (SSSR count). The second-order valence-electron chi connectivity index (χ2n) is 4.41. The molecule has 19 heavy (non-hydrogen) atoms. The van der Waals surface area contributed by atoms with Crippen LogP contribution >= 0.6 is 11.8 Å². The van der Waals surface area contributed by atoms with Gasteiger partial charge in [-0.3, -0.25) is 0 Å². The molecule has 6 nitrogen and oxygen atoms in total. The summed E-state index contributed by atoms with van der Waals surface area (Å²) in [5.74, 6) is 0.991. The molecular weight excluding hydrogens is 268 g/mol. The summed E-state index contributed by atoms with van der Waals surface area (Å²) in [6.07, 6.45) is 0.752. The highest BCUT2D eigenvalue weighted by Gasteiger charge is 2.12. The average Bonchev–Trinajstić information content (AvgIpc) is 2.94. The van der Waals surface area contributed by atoms with E-state index in [2.05, 4.69) is 24.0 Å². The fraction of sp³-hybridized carbons (Fsp3) is 0.417. The SMILES string of the molecule is CC(C)Cc1nc(CSc2ccc(C(=O)O)o2)no1. The average molecular weight is 282 g/mol. The highest BCUT2D eigenvalue weighted by molar-refractivity contribution is 7.98. The molecule has 2 aromatic heterocycles. The van der Waals surface area contributed by atoms with Crippen molar-refractivity contribution in [1.82, 2.24) is 10.1 Å². The van der Waals surface area contributed by atoms with Crippen LogP contribution in [0.1, 0.15) is 36.1 Å². The van der Waals surface area contributed by atoms with Crippen molar-refractivity contribution in [3.8, 4) is 0 Å². The fourth-order valence-corrected chi connectivity index (χ4v) is 2.13. The summed E-state index contributed by atoms with van der Waals surface area (Å²) in [6.45, 7) is 4.16. The van der Waals surface area contributed by atoms with Crippen molar-refractivity contribution >= 4 is 17.7 Å². The van der Waals surface area contributed by atoms with Crippen LogP contribution < -0.4 is 0 Å². The van der Waals surface area contributed by atoms with E-state index in [-0.39, 0.29) is 5.76 Å². The molecule has 0 saturated carbocycles. The number of nitrogens with zero attached hydrogens (tertiary/aromatic N) is 2. The fourth-order valence-electron chi connectivity index (χ4n) is 1.43. The van der Waals surface area contributed by atoms with Crippen molar-refractivity contribution in [3.05, 3.63) is 29.6 Å². The summed E-state index contributed by atoms with van der Waals surface area (Å²) in [5.41, 5.74) is 0. The molecule has 0 atom stereocenters. The smallest absolute Gasteiger partial charge is 0.371 e. The molecule has 7 heteroatoms. The normalized spacial score (nSPS) is 11.1. The summed E-state index contributed by atoms with van der Waals surface area (Å²) in [7, 11) is 0. The highest BCUT2D eigenvalue weighted by Crippen LogP contribution is 2.24. The maximum atomic E-state index is 10.7. The standard InChI is InChI=1S/C12H14N2O4S/c1-7(2)5-10-13-9(14-18-10)6-19-11-4-3-8(17-11)12(15)16/h3-4,7H,5-6H2,1-2H3,(H,15,16). The third kappa shape index (κ3) is 3.85. The van der Waals surface area contributed by atoms with E-state index in [1.807, 2.05) is 0 Å². The first-order valence-electron chi connectivity index (χ1n) is 5.82. The number of carboxylic acid groups (broad SMARTS) is 1. The minimum absolute atomic E-state index is 0.0730. The van der Waals surface area contributed by atoms with Crippen LogP contribution in [0.25, 0.3) is 0 Å². The predicted octanol–water partition coefficient (Wildman–Crippen LogP) is 2.85. The molecule has 0 aliphatic carbocycles. The number of hydrogen-bond donors (Lipinski definition) is 1. The van der Waals surface area contributed by atoms with Gasteiger partial charge in [-0.1, -0.05) is 30.8 Å². The predicted molar refractivity (Wildman–Crippen MR) is 68.1 cm³/mol. The molecule has 0 aliphatic rings. The molecule has 2 aromatic rings. The van der Waals surface area contributed by atoms with Crippen LogP contribution in [0.3, 0.4) is 0 Å². The number of hydrogen-bond acceptors (Lipinski definition) is 6. The zero-order chi connectivity index (χ0) is 13.8. The zero-order valence-electron chi connectivity index (χ0n) is 10.6. The van der Waals surface area contributed by atoms with E-state index in [4.69, 9.17) is 14.0 Å². The van der Waals surface area contributed by atoms with Crippen molar-refractivity contribution in [2.45, 2.75) is 31.1 Å². The number of furan rings is 1. The van der Waals surface area contributed by atoms with E-state index in [0.717, 1.165) is 6.42 Å². The lowest BCUT2D eigenvalue weighted by Gasteiger charge is -1.96. The molecule has 2 heterocycles. The van der Waals surface area contributed by atoms with Crippen LogP contribution in [0, 0.1) is 5.92 Å². The Morgan fingerprint density at radius 3 is 2.89 bits per heavy atom. The van der Waals surface area contributed by atoms with E-state index in [1.54, 1.807) is 6.07 Å². The molecule has 0 aromatic carbocycles. The number of aromatic nitrogens is 2. The lowest BCUT2D eigenvalue weighted by atomic mass is 10.1. The van der Waals surface area contributed by atoms with E-state index in [9.17, 15) is 4.79 Å². The second-order valence-corrected chi connectivity index (χ2v) is 5.39. The zero-order valence-corrected chi connectivity index (χ0v) is 11.4. The third-order valence-corrected chi connectivity index (χ3v) is 3.14. The molecule has 0 bridgehead atoms. The van der Waals surface area contributed by atoms with Crippen molar-refractivity contribution in [3.63, 3.8) is 0 Å². The molecule has 0 spiro atoms. The van der Waals surface area contributed by atoms with E-state index in [0.29, 0.717) is 28.5 Å². The van der Waals surface area contributed by atoms with Gasteiger partial charge in [-0.05, 0) is 18.1 Å². The molecule has 102 valence electrons. The summed E-state index contributed by atoms with van der Waals surface area (Å²) in [6, 6.07) is 3.04. The summed E-state index contributed by atoms with van der Waals surface area (Å²) in [4.78, 5) is 14.9. The number of rotatable bonds is 6. The van der Waals surface area contributed by atoms with Crippen LogP contribution in [0.15, 0.2) is 26.2 Å². The molecule has 0 fully saturated rings. The minimum Gasteiger partial charge on any atom is -0.475 e. The van der Waals surface area contributed by atoms with Gasteiger partial charge in [0, 0.05) is 6.42 Å². The van der Waals surface area contributed by atoms with Gasteiger partial charge in [-0.25, -0.2) is 4.79 Å². The Kier molecular flexibility index (Phi) is 4.26. The molecular formula is C12H14N2O4S. The van der Waals surface area contributed by atoms with Gasteiger partial charge in [0.15, 0.2) is 10.9 Å². The third-order valence-electron chi connectivity index (χ3n) is 2.23. The first-order valence-corrected chi connectivity index (χ1v) is 6.80. The van der Waals surface area contributed by atoms with Crippen LogP contribution in [0.5, 0.6) is 0 Å². The van der Waals surface area contributed by atoms with E-state index in [1.165, 1.54) is 17.8 Å². The van der Waals surface area contributed by atoms with E-state index < -0.39 is 5.97 Å². The first-order chi connectivity index (χ1) is 9.04. The van der Waals surface area contributed by atoms with Crippen LogP contribution in [-0.4, -0.2) is 21.2 Å². The van der Waals surface area contributed by atoms with E-state index >= 15 is 0 Å². The number of carboxylic acids is 1. The summed E-state index contributed by atoms with van der Waals surface area (Å²) < 4.78 is 10.2. The lowest BCUT2D eigenvalue weighted by molar-refractivity contribution is 0.0656. The van der Waals surface area contributed by atoms with Crippen molar-refractivity contribution in [1.29, 1.82) is 0 Å². The van der Waals surface area contributed by atoms with Crippen molar-refractivity contribution in [2.75, 3.05) is 0 Å². The summed E-state index contributed by atoms with van der Waals surface area (Å²) >= 11 is 1.33. The van der Waals surface area contributed by atoms with Gasteiger partial charge in [0.05, 0.1) is 5.75 Å². The quantitative estimate of drug-likeness (QED) is 0.815.